The molecule has 0 fully saturated rings. The third-order valence-electron chi connectivity index (χ3n) is 1.90. The van der Waals surface area contributed by atoms with Gasteiger partial charge in [0.25, 0.3) is 0 Å². The van der Waals surface area contributed by atoms with Crippen molar-refractivity contribution in [2.24, 2.45) is 5.73 Å². The smallest absolute Gasteiger partial charge is 0.129 e. The van der Waals surface area contributed by atoms with Crippen LogP contribution in [-0.4, -0.2) is 10.6 Å². The lowest BCUT2D eigenvalue weighted by Crippen LogP contribution is -2.39. The molecule has 0 saturated heterocycles. The molecule has 0 aliphatic rings. The molecule has 0 bridgehead atoms. The van der Waals surface area contributed by atoms with E-state index in [0.29, 0.717) is 0 Å². The molecular formula is C10H14FNO. The summed E-state index contributed by atoms with van der Waals surface area (Å²) in [6, 6.07) is 6.10. The highest BCUT2D eigenvalue weighted by molar-refractivity contribution is 5.22. The maximum atomic E-state index is 13.2. The van der Waals surface area contributed by atoms with Crippen molar-refractivity contribution in [3.05, 3.63) is 35.6 Å². The first-order chi connectivity index (χ1) is 5.93. The fourth-order valence-corrected chi connectivity index (χ4v) is 1.10. The Hall–Kier alpha value is -0.930. The van der Waals surface area contributed by atoms with E-state index in [0.717, 1.165) is 0 Å². The molecule has 0 heterocycles. The van der Waals surface area contributed by atoms with Crippen molar-refractivity contribution in [1.29, 1.82) is 0 Å². The zero-order chi connectivity index (χ0) is 10.1. The van der Waals surface area contributed by atoms with Crippen molar-refractivity contribution < 1.29 is 9.50 Å². The lowest BCUT2D eigenvalue weighted by molar-refractivity contribution is 0.101. The molecule has 3 N–H and O–H groups in total. The maximum absolute atomic E-state index is 13.2. The average Bonchev–Trinajstić information content (AvgIpc) is 2.02. The molecule has 0 spiro atoms. The van der Waals surface area contributed by atoms with Gasteiger partial charge in [-0.05, 0) is 19.9 Å². The van der Waals surface area contributed by atoms with Gasteiger partial charge >= 0.3 is 0 Å². The topological polar surface area (TPSA) is 46.2 Å². The fourth-order valence-electron chi connectivity index (χ4n) is 1.10. The van der Waals surface area contributed by atoms with Crippen LogP contribution in [0, 0.1) is 5.82 Å². The Bertz CT molecular complexity index is 293. The Morgan fingerprint density at radius 1 is 1.38 bits per heavy atom. The predicted octanol–water partition coefficient (Wildman–Crippen LogP) is 1.60. The van der Waals surface area contributed by atoms with Gasteiger partial charge in [0.05, 0.1) is 6.10 Å². The second-order valence-electron chi connectivity index (χ2n) is 3.75. The van der Waals surface area contributed by atoms with Crippen molar-refractivity contribution in [3.63, 3.8) is 0 Å². The lowest BCUT2D eigenvalue weighted by Gasteiger charge is -2.26. The fraction of sp³-hybridized carbons (Fsp3) is 0.400. The molecular weight excluding hydrogens is 169 g/mol. The quantitative estimate of drug-likeness (QED) is 0.731. The zero-order valence-corrected chi connectivity index (χ0v) is 7.79. The molecule has 2 nitrogen and oxygen atoms in total. The van der Waals surface area contributed by atoms with Gasteiger partial charge < -0.3 is 10.8 Å². The number of hydrogen-bond acceptors (Lipinski definition) is 2. The number of nitrogens with two attached hydrogens (primary N) is 1. The van der Waals surface area contributed by atoms with Gasteiger partial charge in [0.15, 0.2) is 0 Å². The van der Waals surface area contributed by atoms with E-state index >= 15 is 0 Å². The molecule has 0 radical (unpaired) electrons. The highest BCUT2D eigenvalue weighted by atomic mass is 19.1. The van der Waals surface area contributed by atoms with Crippen LogP contribution >= 0.6 is 0 Å². The molecule has 72 valence electrons. The first-order valence-corrected chi connectivity index (χ1v) is 4.14. The summed E-state index contributed by atoms with van der Waals surface area (Å²) in [5, 5.41) is 9.67. The van der Waals surface area contributed by atoms with Gasteiger partial charge in [0.2, 0.25) is 0 Å². The SMILES string of the molecule is CC(C)(N)[C@H](O)c1ccccc1F. The molecule has 0 saturated carbocycles. The van der Waals surface area contributed by atoms with Crippen molar-refractivity contribution in [2.45, 2.75) is 25.5 Å². The van der Waals surface area contributed by atoms with Crippen LogP contribution in [0.25, 0.3) is 0 Å². The second kappa shape index (κ2) is 3.44. The van der Waals surface area contributed by atoms with Gasteiger partial charge in [0, 0.05) is 11.1 Å². The summed E-state index contributed by atoms with van der Waals surface area (Å²) in [5.41, 5.74) is 5.08. The minimum atomic E-state index is -0.978. The van der Waals surface area contributed by atoms with Gasteiger partial charge in [-0.2, -0.15) is 0 Å². The number of benzene rings is 1. The lowest BCUT2D eigenvalue weighted by atomic mass is 9.92. The van der Waals surface area contributed by atoms with E-state index < -0.39 is 17.5 Å². The van der Waals surface area contributed by atoms with Crippen LogP contribution in [0.2, 0.25) is 0 Å². The maximum Gasteiger partial charge on any atom is 0.129 e. The van der Waals surface area contributed by atoms with Crippen molar-refractivity contribution in [3.8, 4) is 0 Å². The monoisotopic (exact) mass is 183 g/mol. The normalized spacial score (nSPS) is 14.2. The van der Waals surface area contributed by atoms with Gasteiger partial charge in [-0.15, -0.1) is 0 Å². The summed E-state index contributed by atoms with van der Waals surface area (Å²) in [7, 11) is 0. The van der Waals surface area contributed by atoms with E-state index in [1.54, 1.807) is 26.0 Å². The first kappa shape index (κ1) is 10.2. The van der Waals surface area contributed by atoms with Crippen molar-refractivity contribution in [2.75, 3.05) is 0 Å². The van der Waals surface area contributed by atoms with Gasteiger partial charge in [-0.25, -0.2) is 4.39 Å². The summed E-state index contributed by atoms with van der Waals surface area (Å²) >= 11 is 0. The standard InChI is InChI=1S/C10H14FNO/c1-10(2,12)9(13)7-5-3-4-6-8(7)11/h3-6,9,13H,12H2,1-2H3/t9-/m1/s1. The van der Waals surface area contributed by atoms with Crippen LogP contribution in [0.15, 0.2) is 24.3 Å². The van der Waals surface area contributed by atoms with Crippen LogP contribution in [0.3, 0.4) is 0 Å². The summed E-state index contributed by atoms with van der Waals surface area (Å²) in [4.78, 5) is 0. The molecule has 1 aromatic carbocycles. The van der Waals surface area contributed by atoms with E-state index in [-0.39, 0.29) is 5.56 Å². The summed E-state index contributed by atoms with van der Waals surface area (Å²) in [6.07, 6.45) is -0.978. The molecule has 1 rings (SSSR count). The number of rotatable bonds is 2. The average molecular weight is 183 g/mol. The summed E-state index contributed by atoms with van der Waals surface area (Å²) in [6.45, 7) is 3.31. The molecule has 0 unspecified atom stereocenters. The van der Waals surface area contributed by atoms with E-state index in [4.69, 9.17) is 5.73 Å². The Morgan fingerprint density at radius 2 is 1.92 bits per heavy atom. The Balaban J connectivity index is 3.02. The van der Waals surface area contributed by atoms with Gasteiger partial charge in [-0.1, -0.05) is 18.2 Å². The van der Waals surface area contributed by atoms with Crippen LogP contribution in [0.1, 0.15) is 25.5 Å². The number of aliphatic hydroxyl groups excluding tert-OH is 1. The molecule has 3 heteroatoms. The number of halogens is 1. The molecule has 0 aliphatic heterocycles. The summed E-state index contributed by atoms with van der Waals surface area (Å²) in [5.74, 6) is -0.423. The molecule has 0 aromatic heterocycles. The van der Waals surface area contributed by atoms with Gasteiger partial charge in [-0.3, -0.25) is 0 Å². The highest BCUT2D eigenvalue weighted by Crippen LogP contribution is 2.24. The zero-order valence-electron chi connectivity index (χ0n) is 7.79. The van der Waals surface area contributed by atoms with Gasteiger partial charge in [0.1, 0.15) is 5.82 Å². The van der Waals surface area contributed by atoms with E-state index in [1.807, 2.05) is 0 Å². The van der Waals surface area contributed by atoms with Crippen molar-refractivity contribution >= 4 is 0 Å². The molecule has 0 aliphatic carbocycles. The molecule has 13 heavy (non-hydrogen) atoms. The number of hydrogen-bond donors (Lipinski definition) is 2. The van der Waals surface area contributed by atoms with Crippen LogP contribution in [0.4, 0.5) is 4.39 Å². The molecule has 0 amide bonds. The second-order valence-corrected chi connectivity index (χ2v) is 3.75. The van der Waals surface area contributed by atoms with E-state index in [1.165, 1.54) is 12.1 Å². The van der Waals surface area contributed by atoms with Crippen LogP contribution < -0.4 is 5.73 Å². The minimum Gasteiger partial charge on any atom is -0.386 e. The third kappa shape index (κ3) is 2.26. The molecule has 1 atom stereocenters. The predicted molar refractivity (Wildman–Crippen MR) is 49.6 cm³/mol. The summed E-state index contributed by atoms with van der Waals surface area (Å²) < 4.78 is 13.2. The Kier molecular flexibility index (Phi) is 2.68. The van der Waals surface area contributed by atoms with Crippen molar-refractivity contribution in [1.82, 2.24) is 0 Å². The third-order valence-corrected chi connectivity index (χ3v) is 1.90. The van der Waals surface area contributed by atoms with Crippen LogP contribution in [-0.2, 0) is 0 Å². The Labute approximate surface area is 77.2 Å². The van der Waals surface area contributed by atoms with Crippen LogP contribution in [0.5, 0.6) is 0 Å². The largest absolute Gasteiger partial charge is 0.386 e. The number of aliphatic hydroxyl groups is 1. The van der Waals surface area contributed by atoms with E-state index in [2.05, 4.69) is 0 Å². The first-order valence-electron chi connectivity index (χ1n) is 4.14. The van der Waals surface area contributed by atoms with E-state index in [9.17, 15) is 9.50 Å². The highest BCUT2D eigenvalue weighted by Gasteiger charge is 2.26. The molecule has 1 aromatic rings. The minimum absolute atomic E-state index is 0.245. The Morgan fingerprint density at radius 3 is 2.38 bits per heavy atom.